The number of hydrogen-bond donors (Lipinski definition) is 5. The first-order valence-electron chi connectivity index (χ1n) is 15.4. The number of aliphatic hydroxyl groups is 3. The topological polar surface area (TPSA) is 202 Å². The van der Waals surface area contributed by atoms with Gasteiger partial charge in [-0.1, -0.05) is 39.8 Å². The van der Waals surface area contributed by atoms with Gasteiger partial charge in [-0.15, -0.1) is 0 Å². The number of carbonyl (C=O) groups is 2. The summed E-state index contributed by atoms with van der Waals surface area (Å²) in [6, 6.07) is 10.5. The molecule has 256 valence electrons. The lowest BCUT2D eigenvalue weighted by Gasteiger charge is -2.51. The van der Waals surface area contributed by atoms with Crippen molar-refractivity contribution in [1.29, 1.82) is 0 Å². The summed E-state index contributed by atoms with van der Waals surface area (Å²) in [5.41, 5.74) is -1.72. The summed E-state index contributed by atoms with van der Waals surface area (Å²) in [5.74, 6) is -2.23. The van der Waals surface area contributed by atoms with E-state index in [9.17, 15) is 34.8 Å². The summed E-state index contributed by atoms with van der Waals surface area (Å²) < 4.78 is 29.0. The van der Waals surface area contributed by atoms with E-state index >= 15 is 0 Å². The van der Waals surface area contributed by atoms with E-state index in [2.05, 4.69) is 0 Å². The van der Waals surface area contributed by atoms with Gasteiger partial charge in [-0.25, -0.2) is 0 Å². The number of aromatic hydroxyl groups is 1. The standard InChI is InChI=1S/C34H42O13/c1-18(2)11-12-43-32-33(47-26(17-45-29(39)15-28(37)38)31(41)34(32,42)27(36)13-19(3)4)46-22-9-10-23-25(14-22)44-16-24(30(23)40)20-5-7-21(35)8-6-20/h5-10,14,16,18-19,26-27,31-33,35-36,41-42H,11-13,15,17H2,1-4H3,(H,37,38). The Labute approximate surface area is 271 Å². The molecule has 13 heteroatoms. The second kappa shape index (κ2) is 15.3. The Morgan fingerprint density at radius 2 is 1.74 bits per heavy atom. The molecule has 1 aromatic heterocycles. The molecule has 2 heterocycles. The average Bonchev–Trinajstić information content (AvgIpc) is 2.99. The van der Waals surface area contributed by atoms with Crippen molar-refractivity contribution in [3.63, 3.8) is 0 Å². The number of carboxylic acid groups (broad SMARTS) is 1. The van der Waals surface area contributed by atoms with Crippen LogP contribution in [0.4, 0.5) is 0 Å². The molecule has 0 saturated carbocycles. The molecular weight excluding hydrogens is 616 g/mol. The minimum absolute atomic E-state index is 0.0499. The van der Waals surface area contributed by atoms with Gasteiger partial charge >= 0.3 is 11.9 Å². The fraction of sp³-hybridized carbons (Fsp3) is 0.500. The number of phenolic OH excluding ortho intramolecular Hbond substituents is 1. The molecule has 0 amide bonds. The van der Waals surface area contributed by atoms with Gasteiger partial charge in [-0.2, -0.15) is 0 Å². The van der Waals surface area contributed by atoms with Crippen molar-refractivity contribution < 1.29 is 58.5 Å². The molecule has 6 unspecified atom stereocenters. The van der Waals surface area contributed by atoms with E-state index in [1.165, 1.54) is 36.6 Å². The zero-order valence-electron chi connectivity index (χ0n) is 26.7. The number of esters is 1. The average molecular weight is 659 g/mol. The van der Waals surface area contributed by atoms with Crippen LogP contribution in [0.25, 0.3) is 22.1 Å². The Hall–Kier alpha value is -4.01. The summed E-state index contributed by atoms with van der Waals surface area (Å²) in [7, 11) is 0. The largest absolute Gasteiger partial charge is 0.508 e. The fourth-order valence-corrected chi connectivity index (χ4v) is 5.39. The van der Waals surface area contributed by atoms with E-state index in [1.54, 1.807) is 12.1 Å². The molecule has 2 aromatic carbocycles. The molecule has 1 aliphatic rings. The zero-order valence-corrected chi connectivity index (χ0v) is 26.7. The van der Waals surface area contributed by atoms with Gasteiger partial charge in [0.2, 0.25) is 6.29 Å². The highest BCUT2D eigenvalue weighted by atomic mass is 16.7. The third-order valence-electron chi connectivity index (χ3n) is 7.94. The molecule has 6 atom stereocenters. The Morgan fingerprint density at radius 3 is 2.38 bits per heavy atom. The van der Waals surface area contributed by atoms with Gasteiger partial charge in [0, 0.05) is 12.7 Å². The quantitative estimate of drug-likeness (QED) is 0.125. The number of phenols is 1. The van der Waals surface area contributed by atoms with E-state index in [1.807, 2.05) is 27.7 Å². The van der Waals surface area contributed by atoms with Crippen molar-refractivity contribution in [3.8, 4) is 22.6 Å². The third kappa shape index (κ3) is 8.48. The first kappa shape index (κ1) is 35.8. The van der Waals surface area contributed by atoms with E-state index in [0.29, 0.717) is 12.0 Å². The van der Waals surface area contributed by atoms with Crippen LogP contribution in [-0.4, -0.2) is 87.0 Å². The van der Waals surface area contributed by atoms with Gasteiger partial charge in [0.25, 0.3) is 0 Å². The molecule has 0 spiro atoms. The molecule has 0 bridgehead atoms. The molecular formula is C34H42O13. The second-order valence-electron chi connectivity index (χ2n) is 12.5. The van der Waals surface area contributed by atoms with Crippen molar-refractivity contribution in [2.75, 3.05) is 13.2 Å². The van der Waals surface area contributed by atoms with Crippen LogP contribution in [0, 0.1) is 11.8 Å². The number of carboxylic acids is 1. The van der Waals surface area contributed by atoms with Crippen LogP contribution in [0.1, 0.15) is 47.0 Å². The van der Waals surface area contributed by atoms with E-state index in [-0.39, 0.29) is 58.3 Å². The monoisotopic (exact) mass is 658 g/mol. The van der Waals surface area contributed by atoms with Crippen molar-refractivity contribution in [1.82, 2.24) is 0 Å². The van der Waals surface area contributed by atoms with Crippen LogP contribution in [-0.2, 0) is 23.8 Å². The van der Waals surface area contributed by atoms with Crippen LogP contribution < -0.4 is 10.2 Å². The molecule has 1 fully saturated rings. The number of benzene rings is 2. The Bertz CT molecular complexity index is 1580. The number of carbonyl (C=O) groups excluding carboxylic acids is 1. The number of rotatable bonds is 14. The highest BCUT2D eigenvalue weighted by Crippen LogP contribution is 2.38. The van der Waals surface area contributed by atoms with E-state index < -0.39 is 61.3 Å². The first-order valence-corrected chi connectivity index (χ1v) is 15.4. The van der Waals surface area contributed by atoms with E-state index in [4.69, 9.17) is 28.5 Å². The van der Waals surface area contributed by atoms with Crippen LogP contribution in [0.3, 0.4) is 0 Å². The number of aliphatic hydroxyl groups excluding tert-OH is 2. The van der Waals surface area contributed by atoms with Crippen LogP contribution in [0.5, 0.6) is 11.5 Å². The number of hydrogen-bond acceptors (Lipinski definition) is 12. The highest BCUT2D eigenvalue weighted by Gasteiger charge is 2.61. The lowest BCUT2D eigenvalue weighted by molar-refractivity contribution is -0.342. The molecule has 47 heavy (non-hydrogen) atoms. The highest BCUT2D eigenvalue weighted by molar-refractivity contribution is 5.90. The van der Waals surface area contributed by atoms with E-state index in [0.717, 1.165) is 0 Å². The van der Waals surface area contributed by atoms with Crippen molar-refractivity contribution in [2.24, 2.45) is 11.8 Å². The minimum Gasteiger partial charge on any atom is -0.508 e. The Balaban J connectivity index is 1.70. The van der Waals surface area contributed by atoms with Crippen molar-refractivity contribution in [2.45, 2.75) is 83.3 Å². The van der Waals surface area contributed by atoms with Crippen LogP contribution in [0.15, 0.2) is 57.9 Å². The van der Waals surface area contributed by atoms with Gasteiger partial charge in [0.15, 0.2) is 17.1 Å². The molecule has 13 nitrogen and oxygen atoms in total. The van der Waals surface area contributed by atoms with Gasteiger partial charge in [-0.3, -0.25) is 14.4 Å². The molecule has 3 aromatic rings. The van der Waals surface area contributed by atoms with Crippen molar-refractivity contribution in [3.05, 3.63) is 59.0 Å². The normalized spacial score (nSPS) is 23.6. The number of fused-ring (bicyclic) bond motifs is 1. The molecule has 1 saturated heterocycles. The maximum Gasteiger partial charge on any atom is 0.317 e. The third-order valence-corrected chi connectivity index (χ3v) is 7.94. The molecule has 0 aliphatic carbocycles. The maximum atomic E-state index is 13.3. The molecule has 4 rings (SSSR count). The maximum absolute atomic E-state index is 13.3. The van der Waals surface area contributed by atoms with Crippen molar-refractivity contribution >= 4 is 22.9 Å². The SMILES string of the molecule is CC(C)CCOC1C(Oc2ccc3c(=O)c(-c4ccc(O)cc4)coc3c2)OC(COC(=O)CC(=O)O)C(O)C1(O)C(O)CC(C)C. The molecule has 0 radical (unpaired) electrons. The van der Waals surface area contributed by atoms with Crippen LogP contribution >= 0.6 is 0 Å². The van der Waals surface area contributed by atoms with Gasteiger partial charge in [0.05, 0.1) is 17.1 Å². The Morgan fingerprint density at radius 1 is 1.04 bits per heavy atom. The zero-order chi connectivity index (χ0) is 34.5. The van der Waals surface area contributed by atoms with Crippen LogP contribution in [0.2, 0.25) is 0 Å². The predicted molar refractivity (Wildman–Crippen MR) is 168 cm³/mol. The summed E-state index contributed by atoms with van der Waals surface area (Å²) >= 11 is 0. The van der Waals surface area contributed by atoms with Gasteiger partial charge < -0.3 is 48.9 Å². The first-order chi connectivity index (χ1) is 22.2. The predicted octanol–water partition coefficient (Wildman–Crippen LogP) is 3.22. The lowest BCUT2D eigenvalue weighted by atomic mass is 9.77. The summed E-state index contributed by atoms with van der Waals surface area (Å²) in [6.45, 7) is 7.04. The minimum atomic E-state index is -2.38. The fourth-order valence-electron chi connectivity index (χ4n) is 5.39. The van der Waals surface area contributed by atoms with Gasteiger partial charge in [0.1, 0.15) is 48.6 Å². The Kier molecular flexibility index (Phi) is 11.6. The lowest BCUT2D eigenvalue weighted by Crippen LogP contribution is -2.73. The molecule has 5 N–H and O–H groups in total. The number of ether oxygens (including phenoxy) is 4. The van der Waals surface area contributed by atoms with Gasteiger partial charge in [-0.05, 0) is 54.5 Å². The second-order valence-corrected chi connectivity index (χ2v) is 12.5. The summed E-state index contributed by atoms with van der Waals surface area (Å²) in [4.78, 5) is 36.3. The smallest absolute Gasteiger partial charge is 0.317 e. The molecule has 1 aliphatic heterocycles. The number of aliphatic carboxylic acids is 1. The summed E-state index contributed by atoms with van der Waals surface area (Å²) in [5, 5.41) is 53.5. The summed E-state index contributed by atoms with van der Waals surface area (Å²) in [6.07, 6.45) is -6.80.